The van der Waals surface area contributed by atoms with Gasteiger partial charge < -0.3 is 30.2 Å². The molecular weight excluding hydrogens is 817 g/mol. The van der Waals surface area contributed by atoms with Gasteiger partial charge >= 0.3 is 0 Å². The third-order valence-corrected chi connectivity index (χ3v) is 12.6. The minimum Gasteiger partial charge on any atom is -0.507 e. The fourth-order valence-corrected chi connectivity index (χ4v) is 8.58. The van der Waals surface area contributed by atoms with Crippen LogP contribution in [0.1, 0.15) is 128 Å². The van der Waals surface area contributed by atoms with Crippen LogP contribution in [0.25, 0.3) is 32.7 Å². The highest BCUT2D eigenvalue weighted by Crippen LogP contribution is 2.47. The van der Waals surface area contributed by atoms with E-state index in [1.165, 1.54) is 11.1 Å². The molecule has 0 radical (unpaired) electrons. The van der Waals surface area contributed by atoms with E-state index in [-0.39, 0.29) is 33.2 Å². The van der Waals surface area contributed by atoms with Crippen molar-refractivity contribution in [2.24, 2.45) is 9.98 Å². The van der Waals surface area contributed by atoms with E-state index in [4.69, 9.17) is 9.98 Å². The third-order valence-electron chi connectivity index (χ3n) is 12.6. The highest BCUT2D eigenvalue weighted by Gasteiger charge is 2.27. The molecule has 0 bridgehead atoms. The summed E-state index contributed by atoms with van der Waals surface area (Å²) >= 11 is 0. The van der Waals surface area contributed by atoms with Gasteiger partial charge in [-0.15, -0.1) is 0 Å². The standard InChI is InChI=1S/C58H74N4O4/c1-55(2,3)43-29-41(51(63)47(31-43)57(7,8)9)35-61(13)25-23-59-33-39-27-37-19-15-17-21-45(37)49(53(39)65)50-46-22-18-16-20-38(46)28-40(54(50)66)34-60-24-26-62(14)36-42-30-44(56(4,5)6)32-48(52(42)64)58(10,11)12/h15-22,27-34,63-66H,23-26,35-36H2,1-14H3. The summed E-state index contributed by atoms with van der Waals surface area (Å²) in [5.41, 5.74) is 7.72. The van der Waals surface area contributed by atoms with Crippen LogP contribution in [0.2, 0.25) is 0 Å². The van der Waals surface area contributed by atoms with Crippen LogP contribution in [0.3, 0.4) is 0 Å². The molecule has 8 heteroatoms. The van der Waals surface area contributed by atoms with Crippen molar-refractivity contribution in [1.29, 1.82) is 0 Å². The van der Waals surface area contributed by atoms with Gasteiger partial charge in [-0.1, -0.05) is 156 Å². The zero-order valence-electron chi connectivity index (χ0n) is 42.1. The van der Waals surface area contributed by atoms with Gasteiger partial charge in [0.25, 0.3) is 0 Å². The lowest BCUT2D eigenvalue weighted by atomic mass is 9.79. The monoisotopic (exact) mass is 891 g/mol. The van der Waals surface area contributed by atoms with Crippen LogP contribution >= 0.6 is 0 Å². The number of nitrogens with zero attached hydrogens (tertiary/aromatic N) is 4. The Hall–Kier alpha value is -5.70. The van der Waals surface area contributed by atoms with Gasteiger partial charge in [0.2, 0.25) is 0 Å². The molecule has 66 heavy (non-hydrogen) atoms. The molecule has 6 rings (SSSR count). The Bertz CT molecular complexity index is 2580. The molecule has 6 aromatic rings. The number of fused-ring (bicyclic) bond motifs is 2. The number of phenols is 4. The summed E-state index contributed by atoms with van der Waals surface area (Å²) in [4.78, 5) is 13.9. The van der Waals surface area contributed by atoms with Crippen LogP contribution in [0, 0.1) is 0 Å². The second-order valence-corrected chi connectivity index (χ2v) is 22.4. The number of aliphatic imine (C=N–C) groups is 2. The number of phenolic OH excluding ortho intramolecular Hbond substituents is 4. The van der Waals surface area contributed by atoms with E-state index in [0.717, 1.165) is 43.8 Å². The zero-order valence-corrected chi connectivity index (χ0v) is 42.1. The van der Waals surface area contributed by atoms with E-state index in [2.05, 4.69) is 117 Å². The molecule has 0 aromatic heterocycles. The Labute approximate surface area is 394 Å². The summed E-state index contributed by atoms with van der Waals surface area (Å²) in [6.45, 7) is 29.3. The van der Waals surface area contributed by atoms with Gasteiger partial charge in [0.05, 0.1) is 13.1 Å². The summed E-state index contributed by atoms with van der Waals surface area (Å²) in [6, 6.07) is 28.2. The van der Waals surface area contributed by atoms with E-state index in [1.807, 2.05) is 74.8 Å². The molecule has 4 N–H and O–H groups in total. The first-order chi connectivity index (χ1) is 30.8. The maximum Gasteiger partial charge on any atom is 0.132 e. The lowest BCUT2D eigenvalue weighted by Gasteiger charge is -2.28. The molecule has 0 aliphatic heterocycles. The normalized spacial score (nSPS) is 13.2. The zero-order chi connectivity index (χ0) is 48.5. The molecule has 0 atom stereocenters. The fourth-order valence-electron chi connectivity index (χ4n) is 8.58. The topological polar surface area (TPSA) is 112 Å². The van der Waals surface area contributed by atoms with Gasteiger partial charge in [0.15, 0.2) is 0 Å². The SMILES string of the molecule is CN(CCN=Cc1cc2ccccc2c(-c2c(O)c(C=NCCN(C)Cc3cc(C(C)(C)C)cc(C(C)(C)C)c3O)cc3ccccc23)c1O)Cc1cc(C(C)(C)C)cc(C(C)(C)C)c1O. The Morgan fingerprint density at radius 2 is 0.803 bits per heavy atom. The summed E-state index contributed by atoms with van der Waals surface area (Å²) in [5, 5.41) is 50.6. The molecule has 0 unspecified atom stereocenters. The first-order valence-corrected chi connectivity index (χ1v) is 23.4. The molecule has 6 aromatic carbocycles. The Morgan fingerprint density at radius 3 is 1.14 bits per heavy atom. The number of likely N-dealkylation sites (N-methyl/N-ethyl adjacent to an activating group) is 2. The van der Waals surface area contributed by atoms with E-state index in [1.54, 1.807) is 12.4 Å². The van der Waals surface area contributed by atoms with E-state index >= 15 is 0 Å². The smallest absolute Gasteiger partial charge is 0.132 e. The molecule has 0 spiro atoms. The van der Waals surface area contributed by atoms with Crippen molar-refractivity contribution in [3.63, 3.8) is 0 Å². The molecule has 350 valence electrons. The molecule has 0 fully saturated rings. The largest absolute Gasteiger partial charge is 0.507 e. The van der Waals surface area contributed by atoms with Gasteiger partial charge in [0, 0.05) is 72.0 Å². The minimum absolute atomic E-state index is 0.0361. The van der Waals surface area contributed by atoms with E-state index in [9.17, 15) is 20.4 Å². The highest BCUT2D eigenvalue weighted by molar-refractivity contribution is 6.14. The predicted molar refractivity (Wildman–Crippen MR) is 279 cm³/mol. The molecule has 0 amide bonds. The Morgan fingerprint density at radius 1 is 0.455 bits per heavy atom. The second-order valence-electron chi connectivity index (χ2n) is 22.4. The van der Waals surface area contributed by atoms with Crippen molar-refractivity contribution in [3.8, 4) is 34.1 Å². The van der Waals surface area contributed by atoms with Gasteiger partial charge in [-0.25, -0.2) is 0 Å². The fraction of sp³-hybridized carbons (Fsp3) is 0.414. The molecule has 0 saturated carbocycles. The highest BCUT2D eigenvalue weighted by atomic mass is 16.3. The summed E-state index contributed by atoms with van der Waals surface area (Å²) in [6.07, 6.45) is 3.44. The number of aromatic hydroxyl groups is 4. The van der Waals surface area contributed by atoms with Crippen LogP contribution < -0.4 is 0 Å². The number of rotatable bonds is 13. The van der Waals surface area contributed by atoms with Crippen molar-refractivity contribution in [2.45, 2.75) is 118 Å². The van der Waals surface area contributed by atoms with Gasteiger partial charge in [-0.2, -0.15) is 0 Å². The summed E-state index contributed by atoms with van der Waals surface area (Å²) < 4.78 is 0. The van der Waals surface area contributed by atoms with Crippen LogP contribution in [-0.2, 0) is 34.7 Å². The maximum atomic E-state index is 12.2. The summed E-state index contributed by atoms with van der Waals surface area (Å²) in [5.74, 6) is 0.773. The van der Waals surface area contributed by atoms with Crippen molar-refractivity contribution in [3.05, 3.63) is 129 Å². The van der Waals surface area contributed by atoms with Crippen molar-refractivity contribution < 1.29 is 20.4 Å². The third kappa shape index (κ3) is 11.3. The lowest BCUT2D eigenvalue weighted by Crippen LogP contribution is -2.23. The molecule has 0 heterocycles. The van der Waals surface area contributed by atoms with Crippen LogP contribution in [0.5, 0.6) is 23.0 Å². The van der Waals surface area contributed by atoms with Gasteiger partial charge in [0.1, 0.15) is 23.0 Å². The molecular formula is C58H74N4O4. The molecule has 8 nitrogen and oxygen atoms in total. The predicted octanol–water partition coefficient (Wildman–Crippen LogP) is 12.8. The minimum atomic E-state index is -0.205. The van der Waals surface area contributed by atoms with Crippen molar-refractivity contribution in [2.75, 3.05) is 40.3 Å². The second kappa shape index (κ2) is 19.3. The molecule has 0 aliphatic rings. The number of benzene rings is 6. The number of hydrogen-bond acceptors (Lipinski definition) is 8. The van der Waals surface area contributed by atoms with Gasteiger partial charge in [-0.3, -0.25) is 9.98 Å². The number of hydrogen-bond donors (Lipinski definition) is 4. The average Bonchev–Trinajstić information content (AvgIpc) is 3.21. The lowest BCUT2D eigenvalue weighted by molar-refractivity contribution is 0.327. The molecule has 0 aliphatic carbocycles. The van der Waals surface area contributed by atoms with Crippen molar-refractivity contribution in [1.82, 2.24) is 9.80 Å². The quantitative estimate of drug-likeness (QED) is 0.0860. The Balaban J connectivity index is 1.25. The molecule has 0 saturated heterocycles. The maximum absolute atomic E-state index is 12.2. The van der Waals surface area contributed by atoms with E-state index in [0.29, 0.717) is 73.0 Å². The summed E-state index contributed by atoms with van der Waals surface area (Å²) in [7, 11) is 4.06. The van der Waals surface area contributed by atoms with E-state index < -0.39 is 0 Å². The van der Waals surface area contributed by atoms with Crippen LogP contribution in [0.4, 0.5) is 0 Å². The van der Waals surface area contributed by atoms with Crippen LogP contribution in [-0.4, -0.2) is 82.9 Å². The Kier molecular flexibility index (Phi) is 14.5. The van der Waals surface area contributed by atoms with Gasteiger partial charge in [-0.05, 0) is 91.7 Å². The van der Waals surface area contributed by atoms with Crippen LogP contribution in [0.15, 0.2) is 94.9 Å². The first kappa shape index (κ1) is 49.7. The van der Waals surface area contributed by atoms with Crippen molar-refractivity contribution >= 4 is 34.0 Å². The first-order valence-electron chi connectivity index (χ1n) is 23.4. The average molecular weight is 891 g/mol.